The molecule has 7 atom stereocenters. The minimum Gasteiger partial charge on any atom is -0.377 e. The maximum atomic E-state index is 12.3. The van der Waals surface area contributed by atoms with Gasteiger partial charge >= 0.3 is 0 Å². The second kappa shape index (κ2) is 9.30. The van der Waals surface area contributed by atoms with Crippen molar-refractivity contribution in [1.82, 2.24) is 0 Å². The van der Waals surface area contributed by atoms with Crippen LogP contribution in [0.5, 0.6) is 0 Å². The van der Waals surface area contributed by atoms with Gasteiger partial charge < -0.3 is 10.0 Å². The van der Waals surface area contributed by atoms with Crippen molar-refractivity contribution in [3.8, 4) is 11.8 Å². The average molecular weight is 502 g/mol. The third-order valence-corrected chi connectivity index (χ3v) is 10.6. The fourth-order valence-corrected chi connectivity index (χ4v) is 8.40. The Labute approximate surface area is 225 Å². The van der Waals surface area contributed by atoms with E-state index in [1.54, 1.807) is 0 Å². The number of rotatable bonds is 3. The fourth-order valence-electron chi connectivity index (χ4n) is 8.40. The van der Waals surface area contributed by atoms with Gasteiger partial charge in [-0.15, -0.1) is 0 Å². The summed E-state index contributed by atoms with van der Waals surface area (Å²) in [4.78, 5) is 14.6. The van der Waals surface area contributed by atoms with Gasteiger partial charge in [-0.1, -0.05) is 36.5 Å². The third kappa shape index (κ3) is 4.58. The van der Waals surface area contributed by atoms with Crippen LogP contribution in [0.4, 0.5) is 5.69 Å². The van der Waals surface area contributed by atoms with Crippen molar-refractivity contribution in [3.63, 3.8) is 0 Å². The standard InChI is InChI=1S/C34H47NO2/c1-22(2)35(7)25-11-8-23(9-12-25)29-21-33(6)30(16-17-34(33,37)19-18-32(3,4)5)28-14-10-24-20-26(36)13-15-27(24)31(28)29/h8-9,11-12,20,22,27-31,37H,10,13-17,21H2,1-7H3/t27-,28-,29+,30-,31+,33-,34+/m0/s1. The molecule has 0 heterocycles. The lowest BCUT2D eigenvalue weighted by atomic mass is 9.46. The summed E-state index contributed by atoms with van der Waals surface area (Å²) in [6, 6.07) is 9.71. The van der Waals surface area contributed by atoms with Crippen molar-refractivity contribution in [1.29, 1.82) is 0 Å². The molecule has 1 N–H and O–H groups in total. The highest BCUT2D eigenvalue weighted by Crippen LogP contribution is 2.68. The Morgan fingerprint density at radius 3 is 2.41 bits per heavy atom. The van der Waals surface area contributed by atoms with Gasteiger partial charge in [-0.25, -0.2) is 0 Å². The zero-order valence-electron chi connectivity index (χ0n) is 24.1. The van der Waals surface area contributed by atoms with Crippen LogP contribution in [0.1, 0.15) is 98.0 Å². The van der Waals surface area contributed by atoms with Crippen molar-refractivity contribution in [2.75, 3.05) is 11.9 Å². The number of hydrogen-bond acceptors (Lipinski definition) is 3. The van der Waals surface area contributed by atoms with Crippen LogP contribution in [0.15, 0.2) is 35.9 Å². The first-order chi connectivity index (χ1) is 17.3. The van der Waals surface area contributed by atoms with Crippen LogP contribution in [0, 0.1) is 46.3 Å². The summed E-state index contributed by atoms with van der Waals surface area (Å²) in [5.74, 6) is 9.64. The number of fused-ring (bicyclic) bond motifs is 5. The third-order valence-electron chi connectivity index (χ3n) is 10.6. The van der Waals surface area contributed by atoms with Crippen molar-refractivity contribution >= 4 is 11.5 Å². The van der Waals surface area contributed by atoms with Crippen molar-refractivity contribution in [2.24, 2.45) is 34.5 Å². The minimum atomic E-state index is -0.940. The molecule has 0 bridgehead atoms. The summed E-state index contributed by atoms with van der Waals surface area (Å²) in [6.45, 7) is 13.2. The summed E-state index contributed by atoms with van der Waals surface area (Å²) in [6.07, 6.45) is 8.65. The lowest BCUT2D eigenvalue weighted by Crippen LogP contribution is -2.54. The van der Waals surface area contributed by atoms with E-state index >= 15 is 0 Å². The molecule has 3 fully saturated rings. The molecule has 0 unspecified atom stereocenters. The second-order valence-corrected chi connectivity index (χ2v) is 14.1. The van der Waals surface area contributed by atoms with Crippen molar-refractivity contribution in [3.05, 3.63) is 41.5 Å². The van der Waals surface area contributed by atoms with Gasteiger partial charge in [-0.3, -0.25) is 4.79 Å². The van der Waals surface area contributed by atoms with Gasteiger partial charge in [0.05, 0.1) is 0 Å². The highest BCUT2D eigenvalue weighted by Gasteiger charge is 2.64. The minimum absolute atomic E-state index is 0.127. The molecule has 5 rings (SSSR count). The topological polar surface area (TPSA) is 40.5 Å². The SMILES string of the molecule is CC(C)N(C)c1ccc([C@H]2C[C@@]3(C)[C@@H](CC[C@@]3(O)C#CC(C)(C)C)[C@@H]3CCC4=CC(=O)CC[C@@H]4[C@H]32)cc1. The lowest BCUT2D eigenvalue weighted by Gasteiger charge is -2.58. The summed E-state index contributed by atoms with van der Waals surface area (Å²) < 4.78 is 0. The number of nitrogens with zero attached hydrogens (tertiary/aromatic N) is 1. The molecule has 0 spiro atoms. The summed E-state index contributed by atoms with van der Waals surface area (Å²) in [5.41, 5.74) is 2.75. The van der Waals surface area contributed by atoms with Crippen LogP contribution in [0.25, 0.3) is 0 Å². The number of hydrogen-bond donors (Lipinski definition) is 1. The Kier molecular flexibility index (Phi) is 6.68. The van der Waals surface area contributed by atoms with E-state index in [0.29, 0.717) is 47.8 Å². The molecule has 3 saturated carbocycles. The molecular formula is C34H47NO2. The lowest BCUT2D eigenvalue weighted by molar-refractivity contribution is -0.117. The molecule has 3 nitrogen and oxygen atoms in total. The number of allylic oxidation sites excluding steroid dienone is 1. The summed E-state index contributed by atoms with van der Waals surface area (Å²) >= 11 is 0. The van der Waals surface area contributed by atoms with Crippen molar-refractivity contribution < 1.29 is 9.90 Å². The number of ketones is 1. The first-order valence-electron chi connectivity index (χ1n) is 14.7. The van der Waals surface area contributed by atoms with E-state index in [1.165, 1.54) is 16.8 Å². The predicted octanol–water partition coefficient (Wildman–Crippen LogP) is 7.15. The molecule has 3 heteroatoms. The summed E-state index contributed by atoms with van der Waals surface area (Å²) in [5, 5.41) is 12.2. The molecule has 0 amide bonds. The molecule has 1 aromatic carbocycles. The fraction of sp³-hybridized carbons (Fsp3) is 0.676. The van der Waals surface area contributed by atoms with Crippen LogP contribution < -0.4 is 4.90 Å². The van der Waals surface area contributed by atoms with E-state index in [1.807, 2.05) is 6.08 Å². The zero-order chi connectivity index (χ0) is 26.8. The quantitative estimate of drug-likeness (QED) is 0.447. The van der Waals surface area contributed by atoms with E-state index in [9.17, 15) is 9.90 Å². The number of aliphatic hydroxyl groups is 1. The van der Waals surface area contributed by atoms with Crippen LogP contribution >= 0.6 is 0 Å². The Balaban J connectivity index is 1.57. The molecule has 1 aromatic rings. The Bertz CT molecular complexity index is 1130. The number of benzene rings is 1. The van der Waals surface area contributed by atoms with Crippen LogP contribution in [0.2, 0.25) is 0 Å². The molecule has 37 heavy (non-hydrogen) atoms. The smallest absolute Gasteiger partial charge is 0.155 e. The molecule has 4 aliphatic carbocycles. The average Bonchev–Trinajstić information content (AvgIpc) is 3.11. The van der Waals surface area contributed by atoms with Crippen LogP contribution in [-0.2, 0) is 4.79 Å². The molecule has 4 aliphatic rings. The van der Waals surface area contributed by atoms with Gasteiger partial charge in [-0.05, 0) is 127 Å². The monoisotopic (exact) mass is 501 g/mol. The predicted molar refractivity (Wildman–Crippen MR) is 152 cm³/mol. The van der Waals surface area contributed by atoms with E-state index in [4.69, 9.17) is 0 Å². The Morgan fingerprint density at radius 2 is 1.76 bits per heavy atom. The molecular weight excluding hydrogens is 454 g/mol. The molecule has 0 aliphatic heterocycles. The van der Waals surface area contributed by atoms with Gasteiger partial charge in [-0.2, -0.15) is 0 Å². The van der Waals surface area contributed by atoms with E-state index in [0.717, 1.165) is 38.5 Å². The highest BCUT2D eigenvalue weighted by molar-refractivity contribution is 5.91. The summed E-state index contributed by atoms with van der Waals surface area (Å²) in [7, 11) is 2.16. The molecule has 0 aromatic heterocycles. The zero-order valence-corrected chi connectivity index (χ0v) is 24.1. The maximum absolute atomic E-state index is 12.3. The largest absolute Gasteiger partial charge is 0.377 e. The van der Waals surface area contributed by atoms with Gasteiger partial charge in [0.15, 0.2) is 5.78 Å². The van der Waals surface area contributed by atoms with Crippen molar-refractivity contribution in [2.45, 2.75) is 104 Å². The molecule has 0 radical (unpaired) electrons. The first-order valence-corrected chi connectivity index (χ1v) is 14.7. The van der Waals surface area contributed by atoms with Crippen LogP contribution in [0.3, 0.4) is 0 Å². The van der Waals surface area contributed by atoms with Gasteiger partial charge in [0, 0.05) is 36.0 Å². The normalized spacial score (nSPS) is 37.2. The van der Waals surface area contributed by atoms with Gasteiger partial charge in [0.2, 0.25) is 0 Å². The Morgan fingerprint density at radius 1 is 1.05 bits per heavy atom. The van der Waals surface area contributed by atoms with Crippen LogP contribution in [-0.4, -0.2) is 29.6 Å². The molecule has 200 valence electrons. The van der Waals surface area contributed by atoms with E-state index in [2.05, 4.69) is 89.6 Å². The Hall–Kier alpha value is -2.05. The maximum Gasteiger partial charge on any atom is 0.155 e. The number of carbonyl (C=O) groups is 1. The van der Waals surface area contributed by atoms with Gasteiger partial charge in [0.1, 0.15) is 5.60 Å². The number of anilines is 1. The number of carbonyl (C=O) groups excluding carboxylic acids is 1. The highest BCUT2D eigenvalue weighted by atomic mass is 16.3. The van der Waals surface area contributed by atoms with Gasteiger partial charge in [0.25, 0.3) is 0 Å². The first kappa shape index (κ1) is 26.6. The second-order valence-electron chi connectivity index (χ2n) is 14.1. The van der Waals surface area contributed by atoms with E-state index in [-0.39, 0.29) is 10.8 Å². The molecule has 0 saturated heterocycles. The van der Waals surface area contributed by atoms with E-state index < -0.39 is 5.60 Å².